The predicted octanol–water partition coefficient (Wildman–Crippen LogP) is 2.77. The van der Waals surface area contributed by atoms with Crippen LogP contribution in [0, 0.1) is 13.8 Å². The first-order valence-corrected chi connectivity index (χ1v) is 10.1. The summed E-state index contributed by atoms with van der Waals surface area (Å²) in [6.07, 6.45) is 4.14. The number of fused-ring (bicyclic) bond motifs is 2. The first kappa shape index (κ1) is 18.0. The molecular weight excluding hydrogens is 362 g/mol. The zero-order valence-corrected chi connectivity index (χ0v) is 16.4. The Kier molecular flexibility index (Phi) is 4.65. The van der Waals surface area contributed by atoms with Crippen LogP contribution in [0.4, 0.5) is 0 Å². The van der Waals surface area contributed by atoms with Gasteiger partial charge in [-0.15, -0.1) is 0 Å². The van der Waals surface area contributed by atoms with Crippen molar-refractivity contribution in [3.8, 4) is 0 Å². The molecule has 1 N–H and O–H groups in total. The highest BCUT2D eigenvalue weighted by Gasteiger charge is 2.22. The molecule has 6 nitrogen and oxygen atoms in total. The van der Waals surface area contributed by atoms with Crippen LogP contribution < -0.4 is 11.0 Å². The maximum atomic E-state index is 13.0. The third-order valence-electron chi connectivity index (χ3n) is 5.00. The first-order valence-electron chi connectivity index (χ1n) is 8.86. The minimum atomic E-state index is -0.0917. The molecule has 2 aromatic heterocycles. The number of thioether (sulfide) groups is 1. The third kappa shape index (κ3) is 3.33. The second-order valence-corrected chi connectivity index (χ2v) is 7.80. The van der Waals surface area contributed by atoms with Gasteiger partial charge in [0, 0.05) is 31.6 Å². The van der Waals surface area contributed by atoms with Crippen LogP contribution in [0.1, 0.15) is 27.9 Å². The largest absolute Gasteiger partial charge is 0.464 e. The minimum Gasteiger partial charge on any atom is -0.464 e. The Morgan fingerprint density at radius 2 is 2.11 bits per heavy atom. The average Bonchev–Trinajstić information content (AvgIpc) is 2.63. The summed E-state index contributed by atoms with van der Waals surface area (Å²) in [4.78, 5) is 34.7. The zero-order chi connectivity index (χ0) is 19.1. The monoisotopic (exact) mass is 383 g/mol. The predicted molar refractivity (Wildman–Crippen MR) is 106 cm³/mol. The quantitative estimate of drug-likeness (QED) is 0.553. The van der Waals surface area contributed by atoms with Gasteiger partial charge in [-0.1, -0.05) is 17.8 Å². The van der Waals surface area contributed by atoms with Crippen molar-refractivity contribution in [3.63, 3.8) is 0 Å². The topological polar surface area (TPSA) is 79.2 Å². The molecule has 3 heterocycles. The Bertz CT molecular complexity index is 1150. The fraction of sp³-hybridized carbons (Fsp3) is 0.350. The van der Waals surface area contributed by atoms with E-state index >= 15 is 0 Å². The first-order chi connectivity index (χ1) is 13.0. The summed E-state index contributed by atoms with van der Waals surface area (Å²) >= 11 is 1.43. The molecule has 1 aliphatic heterocycles. The van der Waals surface area contributed by atoms with Crippen LogP contribution in [-0.2, 0) is 19.5 Å². The second-order valence-electron chi connectivity index (χ2n) is 7.01. The average molecular weight is 383 g/mol. The molecule has 0 saturated carbocycles. The summed E-state index contributed by atoms with van der Waals surface area (Å²) in [5.74, 6) is 0. The highest BCUT2D eigenvalue weighted by Crippen LogP contribution is 2.21. The smallest absolute Gasteiger partial charge is 0.256 e. The molecule has 0 unspecified atom stereocenters. The van der Waals surface area contributed by atoms with Crippen molar-refractivity contribution >= 4 is 22.7 Å². The molecule has 0 radical (unpaired) electrons. The Morgan fingerprint density at radius 1 is 1.30 bits per heavy atom. The highest BCUT2D eigenvalue weighted by molar-refractivity contribution is 7.98. The normalized spacial score (nSPS) is 14.5. The van der Waals surface area contributed by atoms with Gasteiger partial charge in [-0.25, -0.2) is 4.98 Å². The van der Waals surface area contributed by atoms with Crippen molar-refractivity contribution in [2.75, 3.05) is 12.8 Å². The van der Waals surface area contributed by atoms with Crippen LogP contribution in [-0.4, -0.2) is 27.7 Å². The number of rotatable bonds is 3. The van der Waals surface area contributed by atoms with E-state index in [4.69, 9.17) is 4.42 Å². The van der Waals surface area contributed by atoms with Gasteiger partial charge in [0.25, 0.3) is 5.56 Å². The van der Waals surface area contributed by atoms with E-state index in [9.17, 15) is 9.59 Å². The van der Waals surface area contributed by atoms with Crippen LogP contribution >= 0.6 is 11.8 Å². The molecule has 0 amide bonds. The van der Waals surface area contributed by atoms with Gasteiger partial charge in [0.15, 0.2) is 10.6 Å². The summed E-state index contributed by atoms with van der Waals surface area (Å²) < 4.78 is 5.74. The van der Waals surface area contributed by atoms with E-state index in [0.29, 0.717) is 46.8 Å². The van der Waals surface area contributed by atoms with Crippen molar-refractivity contribution in [1.82, 2.24) is 14.9 Å². The van der Waals surface area contributed by atoms with Crippen molar-refractivity contribution in [2.24, 2.45) is 0 Å². The van der Waals surface area contributed by atoms with Gasteiger partial charge in [0.1, 0.15) is 5.58 Å². The summed E-state index contributed by atoms with van der Waals surface area (Å²) in [5, 5.41) is 1.28. The Morgan fingerprint density at radius 3 is 2.89 bits per heavy atom. The van der Waals surface area contributed by atoms with Gasteiger partial charge in [0.2, 0.25) is 0 Å². The van der Waals surface area contributed by atoms with Gasteiger partial charge < -0.3 is 9.40 Å². The lowest BCUT2D eigenvalue weighted by Crippen LogP contribution is -2.36. The van der Waals surface area contributed by atoms with Crippen molar-refractivity contribution in [2.45, 2.75) is 38.5 Å². The van der Waals surface area contributed by atoms with Gasteiger partial charge in [-0.3, -0.25) is 14.5 Å². The number of hydrogen-bond donors (Lipinski definition) is 1. The molecular formula is C20H21N3O3S. The van der Waals surface area contributed by atoms with E-state index in [1.54, 1.807) is 6.26 Å². The van der Waals surface area contributed by atoms with Crippen molar-refractivity contribution in [1.29, 1.82) is 0 Å². The Balaban J connectivity index is 1.65. The molecule has 1 aliphatic rings. The molecule has 0 bridgehead atoms. The summed E-state index contributed by atoms with van der Waals surface area (Å²) in [7, 11) is 0. The number of aryl methyl sites for hydroxylation is 2. The van der Waals surface area contributed by atoms with Crippen LogP contribution in [0.2, 0.25) is 0 Å². The molecule has 3 aromatic rings. The molecule has 0 fully saturated rings. The molecule has 0 saturated heterocycles. The van der Waals surface area contributed by atoms with E-state index < -0.39 is 0 Å². The van der Waals surface area contributed by atoms with Crippen LogP contribution in [0.5, 0.6) is 0 Å². The van der Waals surface area contributed by atoms with Crippen molar-refractivity contribution < 1.29 is 4.42 Å². The van der Waals surface area contributed by atoms with E-state index in [2.05, 4.69) is 14.9 Å². The van der Waals surface area contributed by atoms with E-state index in [-0.39, 0.29) is 11.0 Å². The maximum absolute atomic E-state index is 13.0. The number of aromatic amines is 1. The third-order valence-corrected chi connectivity index (χ3v) is 5.58. The lowest BCUT2D eigenvalue weighted by atomic mass is 10.0. The highest BCUT2D eigenvalue weighted by atomic mass is 32.2. The van der Waals surface area contributed by atoms with Crippen molar-refractivity contribution in [3.05, 3.63) is 66.9 Å². The van der Waals surface area contributed by atoms with E-state index in [1.807, 2.05) is 32.2 Å². The molecule has 140 valence electrons. The van der Waals surface area contributed by atoms with Gasteiger partial charge >= 0.3 is 0 Å². The number of nitrogens with zero attached hydrogens (tertiary/aromatic N) is 2. The lowest BCUT2D eigenvalue weighted by molar-refractivity contribution is 0.238. The molecule has 1 aromatic carbocycles. The molecule has 0 spiro atoms. The number of hydrogen-bond acceptors (Lipinski definition) is 6. The maximum Gasteiger partial charge on any atom is 0.256 e. The second kappa shape index (κ2) is 6.98. The van der Waals surface area contributed by atoms with E-state index in [0.717, 1.165) is 23.4 Å². The Hall–Kier alpha value is -2.38. The van der Waals surface area contributed by atoms with Gasteiger partial charge in [0.05, 0.1) is 22.9 Å². The van der Waals surface area contributed by atoms with Gasteiger partial charge in [-0.05, 0) is 37.3 Å². The standard InChI is InChI=1S/C20H21N3O3S/c1-11-6-12(2)17-16(7-11)26-10-13(18(17)24)8-23-5-4-15-14(9-23)19(25)22-20(21-15)27-3/h6-7,10H,4-5,8-9H2,1-3H3,(H,21,22,25). The SMILES string of the molecule is CSc1nc2c(c(=O)[nH]1)CN(Cc1coc3cc(C)cc(C)c3c1=O)CC2. The number of aromatic nitrogens is 2. The number of nitrogens with one attached hydrogen (secondary N) is 1. The number of H-pyrrole nitrogens is 1. The zero-order valence-electron chi connectivity index (χ0n) is 15.6. The summed E-state index contributed by atoms with van der Waals surface area (Å²) in [5.41, 5.74) is 4.69. The number of benzene rings is 1. The lowest BCUT2D eigenvalue weighted by Gasteiger charge is -2.27. The molecule has 0 atom stereocenters. The molecule has 0 aliphatic carbocycles. The minimum absolute atomic E-state index is 0.00399. The van der Waals surface area contributed by atoms with E-state index in [1.165, 1.54) is 11.8 Å². The van der Waals surface area contributed by atoms with Gasteiger partial charge in [-0.2, -0.15) is 0 Å². The molecule has 27 heavy (non-hydrogen) atoms. The fourth-order valence-electron chi connectivity index (χ4n) is 3.70. The summed E-state index contributed by atoms with van der Waals surface area (Å²) in [6, 6.07) is 3.88. The summed E-state index contributed by atoms with van der Waals surface area (Å²) in [6.45, 7) is 5.61. The molecule has 7 heteroatoms. The Labute approximate surface area is 160 Å². The van der Waals surface area contributed by atoms with Crippen LogP contribution in [0.3, 0.4) is 0 Å². The van der Waals surface area contributed by atoms with Crippen LogP contribution in [0.15, 0.2) is 37.6 Å². The van der Waals surface area contributed by atoms with Crippen LogP contribution in [0.25, 0.3) is 11.0 Å². The molecule has 4 rings (SSSR count). The fourth-order valence-corrected chi connectivity index (χ4v) is 4.10.